The van der Waals surface area contributed by atoms with Gasteiger partial charge in [-0.05, 0) is 38.3 Å². The van der Waals surface area contributed by atoms with Gasteiger partial charge in [0.05, 0.1) is 31.4 Å². The molecule has 0 aromatic heterocycles. The number of ether oxygens (including phenoxy) is 1. The molecular weight excluding hydrogens is 370 g/mol. The topological polar surface area (TPSA) is 87.1 Å². The molecule has 0 bridgehead atoms. The van der Waals surface area contributed by atoms with Gasteiger partial charge in [-0.15, -0.1) is 0 Å². The van der Waals surface area contributed by atoms with Gasteiger partial charge in [0.15, 0.2) is 0 Å². The highest BCUT2D eigenvalue weighted by Crippen LogP contribution is 2.20. The number of aliphatic hydroxyl groups excluding tert-OH is 1. The first-order chi connectivity index (χ1) is 13.8. The molecule has 0 spiro atoms. The van der Waals surface area contributed by atoms with Gasteiger partial charge in [-0.3, -0.25) is 9.59 Å². The van der Waals surface area contributed by atoms with Gasteiger partial charge < -0.3 is 19.8 Å². The number of aliphatic carboxylic acids is 1. The number of hydrogen-bond acceptors (Lipinski definition) is 4. The number of carboxylic acids is 1. The van der Waals surface area contributed by atoms with Crippen LogP contribution in [0.5, 0.6) is 0 Å². The molecule has 29 heavy (non-hydrogen) atoms. The summed E-state index contributed by atoms with van der Waals surface area (Å²) in [4.78, 5) is 24.5. The van der Waals surface area contributed by atoms with Crippen molar-refractivity contribution in [2.45, 2.75) is 58.1 Å². The summed E-state index contributed by atoms with van der Waals surface area (Å²) in [7, 11) is 0. The summed E-state index contributed by atoms with van der Waals surface area (Å²) in [5.74, 6) is -0.834. The largest absolute Gasteiger partial charge is 0.501 e. The maximum Gasteiger partial charge on any atom is 0.306 e. The number of piperidine rings is 1. The van der Waals surface area contributed by atoms with Gasteiger partial charge in [0.1, 0.15) is 0 Å². The third-order valence-corrected chi connectivity index (χ3v) is 4.82. The predicted octanol–water partition coefficient (Wildman–Crippen LogP) is 3.15. The van der Waals surface area contributed by atoms with E-state index in [4.69, 9.17) is 9.84 Å². The lowest BCUT2D eigenvalue weighted by Crippen LogP contribution is -2.42. The number of nitrogens with zero attached hydrogens (tertiary/aromatic N) is 1. The molecule has 2 rings (SSSR count). The number of aryl methyl sites for hydroxylation is 2. The minimum Gasteiger partial charge on any atom is -0.501 e. The maximum absolute atomic E-state index is 12.3. The molecule has 0 radical (unpaired) electrons. The van der Waals surface area contributed by atoms with E-state index in [2.05, 4.69) is 18.2 Å². The second kappa shape index (κ2) is 11.4. The molecule has 2 atom stereocenters. The van der Waals surface area contributed by atoms with E-state index in [0.29, 0.717) is 19.4 Å². The van der Waals surface area contributed by atoms with Crippen molar-refractivity contribution >= 4 is 11.9 Å². The summed E-state index contributed by atoms with van der Waals surface area (Å²) in [5.41, 5.74) is 3.45. The van der Waals surface area contributed by atoms with Crippen molar-refractivity contribution in [2.24, 2.45) is 0 Å². The minimum absolute atomic E-state index is 0.0588. The fourth-order valence-corrected chi connectivity index (χ4v) is 3.58. The van der Waals surface area contributed by atoms with Crippen molar-refractivity contribution in [3.05, 3.63) is 59.4 Å². The van der Waals surface area contributed by atoms with E-state index >= 15 is 0 Å². The molecule has 1 aromatic rings. The monoisotopic (exact) mass is 401 g/mol. The quantitative estimate of drug-likeness (QED) is 0.357. The van der Waals surface area contributed by atoms with Crippen LogP contribution < -0.4 is 0 Å². The molecule has 1 aromatic carbocycles. The Bertz CT molecular complexity index is 735. The van der Waals surface area contributed by atoms with Crippen molar-refractivity contribution in [3.8, 4) is 0 Å². The highest BCUT2D eigenvalue weighted by molar-refractivity contribution is 5.77. The lowest BCUT2D eigenvalue weighted by Gasteiger charge is -2.33. The van der Waals surface area contributed by atoms with Crippen LogP contribution in [0, 0.1) is 13.8 Å². The van der Waals surface area contributed by atoms with E-state index in [-0.39, 0.29) is 25.0 Å². The molecule has 158 valence electrons. The SMILES string of the molecule is Cc1cc(C)cc(CC(O)C=C[C@H]2CCCC(=O)N2CC=COCCC(=O)O)c1. The summed E-state index contributed by atoms with van der Waals surface area (Å²) in [5, 5.41) is 19.0. The number of rotatable bonds is 10. The number of carboxylic acid groups (broad SMARTS) is 1. The first-order valence-electron chi connectivity index (χ1n) is 10.1. The van der Waals surface area contributed by atoms with E-state index < -0.39 is 12.1 Å². The number of aliphatic hydroxyl groups is 1. The zero-order valence-electron chi connectivity index (χ0n) is 17.2. The Morgan fingerprint density at radius 3 is 2.72 bits per heavy atom. The molecule has 1 fully saturated rings. The number of amides is 1. The average Bonchev–Trinajstić information content (AvgIpc) is 2.63. The third kappa shape index (κ3) is 8.11. The van der Waals surface area contributed by atoms with E-state index in [1.165, 1.54) is 17.4 Å². The lowest BCUT2D eigenvalue weighted by atomic mass is 9.99. The van der Waals surface area contributed by atoms with Gasteiger partial charge in [-0.2, -0.15) is 0 Å². The predicted molar refractivity (Wildman–Crippen MR) is 111 cm³/mol. The molecule has 1 amide bonds. The van der Waals surface area contributed by atoms with Gasteiger partial charge in [0, 0.05) is 19.4 Å². The normalized spacial score (nSPS) is 18.5. The van der Waals surface area contributed by atoms with Crippen molar-refractivity contribution in [3.63, 3.8) is 0 Å². The molecule has 1 saturated heterocycles. The summed E-state index contributed by atoms with van der Waals surface area (Å²) < 4.78 is 5.13. The van der Waals surface area contributed by atoms with Gasteiger partial charge in [-0.25, -0.2) is 0 Å². The zero-order chi connectivity index (χ0) is 21.2. The Hall–Kier alpha value is -2.60. The standard InChI is InChI=1S/C23H31NO5/c1-17-13-18(2)15-19(14-17)16-21(25)8-7-20-5-3-6-22(26)24(20)10-4-11-29-12-9-23(27)28/h4,7-8,11,13-15,20-21,25H,3,5-6,9-10,12,16H2,1-2H3,(H,27,28)/t20-,21?/m1/s1. The molecule has 6 nitrogen and oxygen atoms in total. The van der Waals surface area contributed by atoms with E-state index in [0.717, 1.165) is 18.4 Å². The van der Waals surface area contributed by atoms with Crippen LogP contribution in [0.25, 0.3) is 0 Å². The first-order valence-corrected chi connectivity index (χ1v) is 10.1. The fraction of sp³-hybridized carbons (Fsp3) is 0.478. The average molecular weight is 402 g/mol. The van der Waals surface area contributed by atoms with Gasteiger partial charge in [0.2, 0.25) is 5.91 Å². The highest BCUT2D eigenvalue weighted by atomic mass is 16.5. The summed E-state index contributed by atoms with van der Waals surface area (Å²) in [6.07, 6.45) is 8.94. The van der Waals surface area contributed by atoms with Crippen LogP contribution in [0.2, 0.25) is 0 Å². The third-order valence-electron chi connectivity index (χ3n) is 4.82. The van der Waals surface area contributed by atoms with Crippen molar-refractivity contribution in [1.29, 1.82) is 0 Å². The number of likely N-dealkylation sites (tertiary alicyclic amines) is 1. The van der Waals surface area contributed by atoms with Crippen LogP contribution in [0.1, 0.15) is 42.4 Å². The highest BCUT2D eigenvalue weighted by Gasteiger charge is 2.25. The zero-order valence-corrected chi connectivity index (χ0v) is 17.2. The first kappa shape index (κ1) is 22.7. The van der Waals surface area contributed by atoms with Crippen LogP contribution in [0.4, 0.5) is 0 Å². The van der Waals surface area contributed by atoms with E-state index in [1.54, 1.807) is 17.1 Å². The number of carbonyl (C=O) groups is 2. The number of carbonyl (C=O) groups excluding carboxylic acids is 1. The molecular formula is C23H31NO5. The number of hydrogen-bond donors (Lipinski definition) is 2. The molecule has 1 aliphatic rings. The van der Waals surface area contributed by atoms with Gasteiger partial charge in [-0.1, -0.05) is 41.5 Å². The number of benzene rings is 1. The summed E-state index contributed by atoms with van der Waals surface area (Å²) in [6.45, 7) is 4.59. The molecule has 2 N–H and O–H groups in total. The second-order valence-corrected chi connectivity index (χ2v) is 7.54. The van der Waals surface area contributed by atoms with Crippen LogP contribution in [0.3, 0.4) is 0 Å². The Morgan fingerprint density at radius 1 is 1.31 bits per heavy atom. The van der Waals surface area contributed by atoms with Crippen molar-refractivity contribution in [1.82, 2.24) is 4.90 Å². The van der Waals surface area contributed by atoms with Crippen LogP contribution in [-0.4, -0.2) is 52.3 Å². The van der Waals surface area contributed by atoms with Crippen LogP contribution in [0.15, 0.2) is 42.7 Å². The van der Waals surface area contributed by atoms with Crippen LogP contribution >= 0.6 is 0 Å². The maximum atomic E-state index is 12.3. The molecule has 1 heterocycles. The minimum atomic E-state index is -0.908. The van der Waals surface area contributed by atoms with Crippen molar-refractivity contribution < 1.29 is 24.5 Å². The Balaban J connectivity index is 1.90. The molecule has 0 aliphatic carbocycles. The Morgan fingerprint density at radius 2 is 2.03 bits per heavy atom. The van der Waals surface area contributed by atoms with E-state index in [1.807, 2.05) is 19.9 Å². The van der Waals surface area contributed by atoms with Crippen molar-refractivity contribution in [2.75, 3.05) is 13.2 Å². The second-order valence-electron chi connectivity index (χ2n) is 7.54. The lowest BCUT2D eigenvalue weighted by molar-refractivity contribution is -0.137. The van der Waals surface area contributed by atoms with E-state index in [9.17, 15) is 14.7 Å². The molecule has 0 saturated carbocycles. The van der Waals surface area contributed by atoms with Crippen LogP contribution in [-0.2, 0) is 20.7 Å². The molecule has 6 heteroatoms. The van der Waals surface area contributed by atoms with Gasteiger partial charge in [0.25, 0.3) is 0 Å². The smallest absolute Gasteiger partial charge is 0.306 e. The summed E-state index contributed by atoms with van der Waals surface area (Å²) >= 11 is 0. The fourth-order valence-electron chi connectivity index (χ4n) is 3.58. The molecule has 1 aliphatic heterocycles. The Kier molecular flexibility index (Phi) is 8.93. The van der Waals surface area contributed by atoms with Gasteiger partial charge >= 0.3 is 5.97 Å². The summed E-state index contributed by atoms with van der Waals surface area (Å²) in [6, 6.07) is 6.20. The molecule has 1 unspecified atom stereocenters. The Labute approximate surface area is 172 Å².